The number of aromatic hydroxyl groups is 2. The van der Waals surface area contributed by atoms with Crippen molar-refractivity contribution in [3.8, 4) is 11.5 Å². The topological polar surface area (TPSA) is 69.6 Å². The van der Waals surface area contributed by atoms with E-state index in [1.807, 2.05) is 6.92 Å². The Morgan fingerprint density at radius 3 is 2.81 bits per heavy atom. The molecule has 1 rings (SSSR count). The first-order valence-electron chi connectivity index (χ1n) is 4.95. The van der Waals surface area contributed by atoms with Crippen LogP contribution in [0.1, 0.15) is 23.7 Å². The van der Waals surface area contributed by atoms with E-state index in [2.05, 4.69) is 21.2 Å². The van der Waals surface area contributed by atoms with Crippen LogP contribution >= 0.6 is 15.9 Å². The maximum absolute atomic E-state index is 11.6. The van der Waals surface area contributed by atoms with Gasteiger partial charge in [-0.05, 0) is 24.6 Å². The van der Waals surface area contributed by atoms with Crippen LogP contribution in [0.2, 0.25) is 0 Å². The molecule has 0 radical (unpaired) electrons. The zero-order chi connectivity index (χ0) is 12.1. The maximum atomic E-state index is 11.6. The average Bonchev–Trinajstić information content (AvgIpc) is 2.21. The number of hydrogen-bond donors (Lipinski definition) is 3. The number of phenols is 2. The fourth-order valence-electron chi connectivity index (χ4n) is 1.19. The molecule has 4 nitrogen and oxygen atoms in total. The molecule has 1 atom stereocenters. The molecule has 0 saturated carbocycles. The summed E-state index contributed by atoms with van der Waals surface area (Å²) >= 11 is 3.37. The largest absolute Gasteiger partial charge is 0.508 e. The lowest BCUT2D eigenvalue weighted by Gasteiger charge is -2.08. The van der Waals surface area contributed by atoms with Crippen molar-refractivity contribution in [2.75, 3.05) is 6.54 Å². The summed E-state index contributed by atoms with van der Waals surface area (Å²) in [6.07, 6.45) is 0.797. The van der Waals surface area contributed by atoms with Crippen molar-refractivity contribution in [2.45, 2.75) is 18.2 Å². The van der Waals surface area contributed by atoms with Gasteiger partial charge < -0.3 is 15.5 Å². The zero-order valence-corrected chi connectivity index (χ0v) is 10.5. The molecule has 1 unspecified atom stereocenters. The summed E-state index contributed by atoms with van der Waals surface area (Å²) in [5.41, 5.74) is 0.0854. The van der Waals surface area contributed by atoms with Gasteiger partial charge in [-0.2, -0.15) is 0 Å². The molecule has 0 aliphatic carbocycles. The van der Waals surface area contributed by atoms with Crippen LogP contribution in [-0.2, 0) is 0 Å². The summed E-state index contributed by atoms with van der Waals surface area (Å²) in [6, 6.07) is 3.85. The summed E-state index contributed by atoms with van der Waals surface area (Å²) in [5, 5.41) is 21.3. The summed E-state index contributed by atoms with van der Waals surface area (Å²) < 4.78 is 0. The van der Waals surface area contributed by atoms with E-state index >= 15 is 0 Å². The van der Waals surface area contributed by atoms with Gasteiger partial charge in [0.1, 0.15) is 11.5 Å². The summed E-state index contributed by atoms with van der Waals surface area (Å²) in [6.45, 7) is 2.50. The van der Waals surface area contributed by atoms with Crippen molar-refractivity contribution in [3.05, 3.63) is 23.8 Å². The number of hydrogen-bond acceptors (Lipinski definition) is 3. The Balaban J connectivity index is 2.62. The predicted molar refractivity (Wildman–Crippen MR) is 65.1 cm³/mol. The highest BCUT2D eigenvalue weighted by Gasteiger charge is 2.11. The number of phenolic OH excluding ortho intramolecular Hbond substituents is 2. The van der Waals surface area contributed by atoms with Crippen molar-refractivity contribution in [1.29, 1.82) is 0 Å². The second-order valence-corrected chi connectivity index (χ2v) is 5.09. The van der Waals surface area contributed by atoms with E-state index in [0.717, 1.165) is 6.42 Å². The molecule has 0 aliphatic rings. The molecule has 0 heterocycles. The van der Waals surface area contributed by atoms with Crippen LogP contribution in [0.4, 0.5) is 0 Å². The Hall–Kier alpha value is -1.23. The number of carbonyl (C=O) groups is 1. The van der Waals surface area contributed by atoms with Crippen molar-refractivity contribution < 1.29 is 15.0 Å². The number of amides is 1. The Kier molecular flexibility index (Phi) is 4.61. The molecule has 0 fully saturated rings. The molecular weight excluding hydrogens is 274 g/mol. The molecule has 88 valence electrons. The van der Waals surface area contributed by atoms with Crippen LogP contribution in [-0.4, -0.2) is 27.5 Å². The number of nitrogens with one attached hydrogen (secondary N) is 1. The molecule has 16 heavy (non-hydrogen) atoms. The number of carbonyl (C=O) groups excluding carboxylic acids is 1. The SMILES string of the molecule is CC(Br)CCNC(=O)c1cc(O)ccc1O. The minimum Gasteiger partial charge on any atom is -0.508 e. The lowest BCUT2D eigenvalue weighted by atomic mass is 10.1. The summed E-state index contributed by atoms with van der Waals surface area (Å²) in [7, 11) is 0. The van der Waals surface area contributed by atoms with E-state index in [0.29, 0.717) is 11.4 Å². The first kappa shape index (κ1) is 12.8. The molecule has 5 heteroatoms. The first-order valence-corrected chi connectivity index (χ1v) is 5.86. The Morgan fingerprint density at radius 2 is 2.19 bits per heavy atom. The van der Waals surface area contributed by atoms with Crippen molar-refractivity contribution >= 4 is 21.8 Å². The predicted octanol–water partition coefficient (Wildman–Crippen LogP) is 2.00. The Labute approximate surface area is 102 Å². The van der Waals surface area contributed by atoms with E-state index < -0.39 is 0 Å². The van der Waals surface area contributed by atoms with Gasteiger partial charge in [0.2, 0.25) is 0 Å². The number of rotatable bonds is 4. The highest BCUT2D eigenvalue weighted by Crippen LogP contribution is 2.21. The normalized spacial score (nSPS) is 12.1. The summed E-state index contributed by atoms with van der Waals surface area (Å²) in [5.74, 6) is -0.569. The van der Waals surface area contributed by atoms with Gasteiger partial charge in [0.25, 0.3) is 5.91 Å². The minimum absolute atomic E-state index is 0.0446. The first-order chi connectivity index (χ1) is 7.50. The van der Waals surface area contributed by atoms with Gasteiger partial charge in [0, 0.05) is 11.4 Å². The smallest absolute Gasteiger partial charge is 0.255 e. The van der Waals surface area contributed by atoms with Crippen LogP contribution in [0, 0.1) is 0 Å². The fourth-order valence-corrected chi connectivity index (χ4v) is 1.41. The number of halogens is 1. The van der Waals surface area contributed by atoms with E-state index in [-0.39, 0.29) is 23.0 Å². The van der Waals surface area contributed by atoms with Crippen LogP contribution in [0.15, 0.2) is 18.2 Å². The van der Waals surface area contributed by atoms with Gasteiger partial charge >= 0.3 is 0 Å². The van der Waals surface area contributed by atoms with Crippen LogP contribution in [0.5, 0.6) is 11.5 Å². The average molecular weight is 288 g/mol. The van der Waals surface area contributed by atoms with Crippen molar-refractivity contribution in [1.82, 2.24) is 5.32 Å². The molecule has 0 spiro atoms. The van der Waals surface area contributed by atoms with Crippen LogP contribution in [0.3, 0.4) is 0 Å². The molecular formula is C11H14BrNO3. The molecule has 1 aromatic carbocycles. The van der Waals surface area contributed by atoms with Crippen molar-refractivity contribution in [3.63, 3.8) is 0 Å². The van der Waals surface area contributed by atoms with Gasteiger partial charge in [-0.15, -0.1) is 0 Å². The summed E-state index contributed by atoms with van der Waals surface area (Å²) in [4.78, 5) is 11.9. The van der Waals surface area contributed by atoms with Gasteiger partial charge in [-0.3, -0.25) is 4.79 Å². The van der Waals surface area contributed by atoms with E-state index in [1.54, 1.807) is 0 Å². The molecule has 0 bridgehead atoms. The molecule has 1 aromatic rings. The Bertz CT molecular complexity index is 379. The lowest BCUT2D eigenvalue weighted by molar-refractivity contribution is 0.0950. The zero-order valence-electron chi connectivity index (χ0n) is 8.90. The highest BCUT2D eigenvalue weighted by atomic mass is 79.9. The molecule has 0 aliphatic heterocycles. The van der Waals surface area contributed by atoms with Crippen LogP contribution < -0.4 is 5.32 Å². The van der Waals surface area contributed by atoms with Crippen molar-refractivity contribution in [2.24, 2.45) is 0 Å². The number of alkyl halides is 1. The maximum Gasteiger partial charge on any atom is 0.255 e. The molecule has 0 saturated heterocycles. The molecule has 3 N–H and O–H groups in total. The fraction of sp³-hybridized carbons (Fsp3) is 0.364. The third kappa shape index (κ3) is 3.73. The molecule has 0 aromatic heterocycles. The third-order valence-electron chi connectivity index (χ3n) is 2.05. The van der Waals surface area contributed by atoms with E-state index in [4.69, 9.17) is 0 Å². The van der Waals surface area contributed by atoms with Gasteiger partial charge in [-0.25, -0.2) is 0 Å². The second kappa shape index (κ2) is 5.75. The lowest BCUT2D eigenvalue weighted by Crippen LogP contribution is -2.25. The van der Waals surface area contributed by atoms with Gasteiger partial charge in [-0.1, -0.05) is 22.9 Å². The molecule has 1 amide bonds. The van der Waals surface area contributed by atoms with Crippen LogP contribution in [0.25, 0.3) is 0 Å². The standard InChI is InChI=1S/C11H14BrNO3/c1-7(12)4-5-13-11(16)9-6-8(14)2-3-10(9)15/h2-3,6-7,14-15H,4-5H2,1H3,(H,13,16). The van der Waals surface area contributed by atoms with E-state index in [9.17, 15) is 15.0 Å². The highest BCUT2D eigenvalue weighted by molar-refractivity contribution is 9.09. The van der Waals surface area contributed by atoms with E-state index in [1.165, 1.54) is 18.2 Å². The Morgan fingerprint density at radius 1 is 1.50 bits per heavy atom. The monoisotopic (exact) mass is 287 g/mol. The van der Waals surface area contributed by atoms with Gasteiger partial charge in [0.05, 0.1) is 5.56 Å². The van der Waals surface area contributed by atoms with Gasteiger partial charge in [0.15, 0.2) is 0 Å². The second-order valence-electron chi connectivity index (χ2n) is 3.53. The quantitative estimate of drug-likeness (QED) is 0.586. The third-order valence-corrected chi connectivity index (χ3v) is 2.51. The number of benzene rings is 1. The minimum atomic E-state index is -0.387.